The van der Waals surface area contributed by atoms with Gasteiger partial charge in [0.2, 0.25) is 0 Å². The SMILES string of the molecule is CC[C@H]1CC[C@H]([C@H]2CC[C@H](c3cc(F)ccc3C(=O)O)CC2)CC1. The highest BCUT2D eigenvalue weighted by molar-refractivity contribution is 5.89. The number of hydrogen-bond acceptors (Lipinski definition) is 1. The lowest BCUT2D eigenvalue weighted by Gasteiger charge is -2.38. The molecule has 2 saturated carbocycles. The van der Waals surface area contributed by atoms with Crippen LogP contribution in [0.15, 0.2) is 18.2 Å². The van der Waals surface area contributed by atoms with Crippen LogP contribution in [0.2, 0.25) is 0 Å². The Bertz CT molecular complexity index is 567. The normalized spacial score (nSPS) is 30.9. The lowest BCUT2D eigenvalue weighted by Crippen LogP contribution is -2.25. The summed E-state index contributed by atoms with van der Waals surface area (Å²) in [7, 11) is 0. The topological polar surface area (TPSA) is 37.3 Å². The van der Waals surface area contributed by atoms with Crippen LogP contribution in [0.5, 0.6) is 0 Å². The molecule has 2 nitrogen and oxygen atoms in total. The van der Waals surface area contributed by atoms with Gasteiger partial charge in [0.15, 0.2) is 0 Å². The van der Waals surface area contributed by atoms with Crippen molar-refractivity contribution in [3.63, 3.8) is 0 Å². The molecule has 2 fully saturated rings. The predicted molar refractivity (Wildman–Crippen MR) is 93.8 cm³/mol. The molecule has 0 radical (unpaired) electrons. The van der Waals surface area contributed by atoms with E-state index in [2.05, 4.69) is 6.92 Å². The van der Waals surface area contributed by atoms with Gasteiger partial charge in [0.25, 0.3) is 0 Å². The summed E-state index contributed by atoms with van der Waals surface area (Å²) in [4.78, 5) is 11.4. The molecule has 1 aromatic carbocycles. The first kappa shape index (κ1) is 17.4. The number of carbonyl (C=O) groups is 1. The van der Waals surface area contributed by atoms with E-state index in [1.54, 1.807) is 0 Å². The van der Waals surface area contributed by atoms with Crippen molar-refractivity contribution in [2.24, 2.45) is 17.8 Å². The van der Waals surface area contributed by atoms with Gasteiger partial charge in [-0.2, -0.15) is 0 Å². The van der Waals surface area contributed by atoms with Gasteiger partial charge in [0.05, 0.1) is 5.56 Å². The maximum Gasteiger partial charge on any atom is 0.335 e. The van der Waals surface area contributed by atoms with Crippen LogP contribution in [0.25, 0.3) is 0 Å². The van der Waals surface area contributed by atoms with Crippen LogP contribution in [-0.2, 0) is 0 Å². The average molecular weight is 332 g/mol. The van der Waals surface area contributed by atoms with Crippen LogP contribution >= 0.6 is 0 Å². The standard InChI is InChI=1S/C21H29FO2/c1-2-14-3-5-15(6-4-14)16-7-9-17(10-8-16)20-13-18(22)11-12-19(20)21(23)24/h11-17H,2-10H2,1H3,(H,23,24)/t14-,15-,16-,17-. The first-order valence-corrected chi connectivity index (χ1v) is 9.61. The second-order valence-corrected chi connectivity index (χ2v) is 7.84. The molecule has 0 unspecified atom stereocenters. The molecule has 3 rings (SSSR count). The van der Waals surface area contributed by atoms with Crippen molar-refractivity contribution in [1.29, 1.82) is 0 Å². The van der Waals surface area contributed by atoms with E-state index in [-0.39, 0.29) is 17.3 Å². The van der Waals surface area contributed by atoms with Gasteiger partial charge in [-0.3, -0.25) is 0 Å². The van der Waals surface area contributed by atoms with E-state index in [0.29, 0.717) is 5.56 Å². The maximum atomic E-state index is 13.6. The molecule has 0 aromatic heterocycles. The Morgan fingerprint density at radius 3 is 2.17 bits per heavy atom. The van der Waals surface area contributed by atoms with Crippen molar-refractivity contribution in [2.45, 2.75) is 70.6 Å². The molecule has 2 aliphatic rings. The summed E-state index contributed by atoms with van der Waals surface area (Å²) in [5.41, 5.74) is 0.985. The molecule has 1 aromatic rings. The third-order valence-corrected chi connectivity index (χ3v) is 6.59. The minimum atomic E-state index is -0.940. The van der Waals surface area contributed by atoms with Crippen molar-refractivity contribution in [3.05, 3.63) is 35.1 Å². The number of aromatic carboxylic acids is 1. The van der Waals surface area contributed by atoms with Gasteiger partial charge in [0.1, 0.15) is 5.82 Å². The first-order valence-electron chi connectivity index (χ1n) is 9.61. The molecule has 1 N–H and O–H groups in total. The quantitative estimate of drug-likeness (QED) is 0.732. The smallest absolute Gasteiger partial charge is 0.335 e. The third-order valence-electron chi connectivity index (χ3n) is 6.59. The van der Waals surface area contributed by atoms with Gasteiger partial charge in [0, 0.05) is 0 Å². The fourth-order valence-corrected chi connectivity index (χ4v) is 5.04. The zero-order valence-electron chi connectivity index (χ0n) is 14.6. The van der Waals surface area contributed by atoms with Crippen molar-refractivity contribution in [1.82, 2.24) is 0 Å². The summed E-state index contributed by atoms with van der Waals surface area (Å²) in [5, 5.41) is 9.37. The number of hydrogen-bond donors (Lipinski definition) is 1. The minimum Gasteiger partial charge on any atom is -0.478 e. The van der Waals surface area contributed by atoms with Crippen LogP contribution < -0.4 is 0 Å². The number of carboxylic acids is 1. The van der Waals surface area contributed by atoms with E-state index in [4.69, 9.17) is 0 Å². The molecule has 24 heavy (non-hydrogen) atoms. The molecule has 0 atom stereocenters. The van der Waals surface area contributed by atoms with E-state index >= 15 is 0 Å². The zero-order chi connectivity index (χ0) is 17.1. The van der Waals surface area contributed by atoms with Gasteiger partial charge >= 0.3 is 5.97 Å². The molecule has 0 bridgehead atoms. The summed E-state index contributed by atoms with van der Waals surface area (Å²) in [6.07, 6.45) is 11.2. The minimum absolute atomic E-state index is 0.204. The second kappa shape index (κ2) is 7.67. The maximum absolute atomic E-state index is 13.6. The van der Waals surface area contributed by atoms with E-state index < -0.39 is 5.97 Å². The summed E-state index contributed by atoms with van der Waals surface area (Å²) in [6.45, 7) is 2.30. The molecule has 3 heteroatoms. The Balaban J connectivity index is 1.61. The van der Waals surface area contributed by atoms with Gasteiger partial charge in [-0.15, -0.1) is 0 Å². The molecular formula is C21H29FO2. The molecule has 0 heterocycles. The lowest BCUT2D eigenvalue weighted by molar-refractivity contribution is 0.0694. The number of benzene rings is 1. The summed E-state index contributed by atoms with van der Waals surface area (Å²) >= 11 is 0. The fraction of sp³-hybridized carbons (Fsp3) is 0.667. The van der Waals surface area contributed by atoms with Gasteiger partial charge in [-0.05, 0) is 86.0 Å². The summed E-state index contributed by atoms with van der Waals surface area (Å²) in [5.74, 6) is 1.53. The number of carboxylic acid groups (broad SMARTS) is 1. The fourth-order valence-electron chi connectivity index (χ4n) is 5.04. The van der Waals surface area contributed by atoms with Crippen molar-refractivity contribution in [2.75, 3.05) is 0 Å². The Kier molecular flexibility index (Phi) is 5.57. The first-order chi connectivity index (χ1) is 11.6. The van der Waals surface area contributed by atoms with Crippen LogP contribution in [0.4, 0.5) is 4.39 Å². The molecule has 0 spiro atoms. The van der Waals surface area contributed by atoms with Gasteiger partial charge < -0.3 is 5.11 Å². The molecule has 132 valence electrons. The molecule has 0 amide bonds. The summed E-state index contributed by atoms with van der Waals surface area (Å²) < 4.78 is 13.6. The van der Waals surface area contributed by atoms with E-state index in [1.807, 2.05) is 0 Å². The number of halogens is 1. The number of rotatable bonds is 4. The predicted octanol–water partition coefficient (Wildman–Crippen LogP) is 6.01. The molecule has 0 aliphatic heterocycles. The second-order valence-electron chi connectivity index (χ2n) is 7.84. The third kappa shape index (κ3) is 3.81. The Morgan fingerprint density at radius 1 is 1.04 bits per heavy atom. The van der Waals surface area contributed by atoms with E-state index in [9.17, 15) is 14.3 Å². The zero-order valence-corrected chi connectivity index (χ0v) is 14.6. The van der Waals surface area contributed by atoms with Crippen LogP contribution in [0, 0.1) is 23.6 Å². The highest BCUT2D eigenvalue weighted by Gasteiger charge is 2.32. The van der Waals surface area contributed by atoms with Crippen LogP contribution in [0.1, 0.15) is 86.6 Å². The van der Waals surface area contributed by atoms with Crippen molar-refractivity contribution < 1.29 is 14.3 Å². The van der Waals surface area contributed by atoms with E-state index in [0.717, 1.165) is 30.6 Å². The van der Waals surface area contributed by atoms with Gasteiger partial charge in [-0.1, -0.05) is 26.2 Å². The average Bonchev–Trinajstić information content (AvgIpc) is 2.61. The Hall–Kier alpha value is -1.38. The summed E-state index contributed by atoms with van der Waals surface area (Å²) in [6, 6.07) is 4.12. The van der Waals surface area contributed by atoms with Crippen molar-refractivity contribution in [3.8, 4) is 0 Å². The largest absolute Gasteiger partial charge is 0.478 e. The highest BCUT2D eigenvalue weighted by Crippen LogP contribution is 2.44. The van der Waals surface area contributed by atoms with E-state index in [1.165, 1.54) is 63.1 Å². The monoisotopic (exact) mass is 332 g/mol. The molecule has 2 aliphatic carbocycles. The van der Waals surface area contributed by atoms with Gasteiger partial charge in [-0.25, -0.2) is 9.18 Å². The van der Waals surface area contributed by atoms with Crippen LogP contribution in [-0.4, -0.2) is 11.1 Å². The molecular weight excluding hydrogens is 303 g/mol. The Labute approximate surface area is 144 Å². The molecule has 0 saturated heterocycles. The Morgan fingerprint density at radius 2 is 1.62 bits per heavy atom. The van der Waals surface area contributed by atoms with Crippen molar-refractivity contribution >= 4 is 5.97 Å². The van der Waals surface area contributed by atoms with Crippen LogP contribution in [0.3, 0.4) is 0 Å². The lowest BCUT2D eigenvalue weighted by atomic mass is 9.68. The highest BCUT2D eigenvalue weighted by atomic mass is 19.1.